The van der Waals surface area contributed by atoms with Gasteiger partial charge >= 0.3 is 0 Å². The monoisotopic (exact) mass is 404 g/mol. The van der Waals surface area contributed by atoms with E-state index in [1.807, 2.05) is 24.3 Å². The molecule has 2 aromatic heterocycles. The summed E-state index contributed by atoms with van der Waals surface area (Å²) < 4.78 is 19.4. The minimum atomic E-state index is 0.828. The summed E-state index contributed by atoms with van der Waals surface area (Å²) in [5, 5.41) is 0. The Hall–Kier alpha value is -3.54. The Morgan fingerprint density at radius 1 is 0.700 bits per heavy atom. The Bertz CT molecular complexity index is 1010. The summed E-state index contributed by atoms with van der Waals surface area (Å²) in [5.41, 5.74) is 2.45. The molecule has 2 heterocycles. The van der Waals surface area contributed by atoms with Gasteiger partial charge in [0.05, 0.1) is 14.2 Å². The van der Waals surface area contributed by atoms with Gasteiger partial charge in [-0.15, -0.1) is 0 Å². The van der Waals surface area contributed by atoms with Crippen LogP contribution in [-0.2, 0) is 26.2 Å². The lowest BCUT2D eigenvalue weighted by Crippen LogP contribution is -2.32. The fourth-order valence-corrected chi connectivity index (χ4v) is 3.52. The average molecular weight is 405 g/mol. The highest BCUT2D eigenvalue weighted by atomic mass is 16.5. The summed E-state index contributed by atoms with van der Waals surface area (Å²) in [6.07, 6.45) is 12.7. The number of ether oxygens (including phenoxy) is 2. The lowest BCUT2D eigenvalue weighted by Gasteiger charge is -2.02. The van der Waals surface area contributed by atoms with Crippen LogP contribution in [0.15, 0.2) is 86.0 Å². The molecule has 0 fully saturated rings. The second-order valence-electron chi connectivity index (χ2n) is 7.35. The van der Waals surface area contributed by atoms with Crippen LogP contribution in [0.1, 0.15) is 11.1 Å². The summed E-state index contributed by atoms with van der Waals surface area (Å²) in [6.45, 7) is 3.49. The van der Waals surface area contributed by atoms with Crippen LogP contribution in [0.4, 0.5) is 0 Å². The standard InChI is InChI=1S/C24H28N4O2/c1-29-23-7-3-5-21(15-23)17-27-13-11-25(19-27)9-10-26-12-14-28(20-26)18-22-6-4-8-24(16-22)30-2/h3-8,11-16,19-20H,9-10,17-18H2,1-2H3/q+2. The van der Waals surface area contributed by atoms with Gasteiger partial charge in [-0.05, 0) is 35.4 Å². The molecular weight excluding hydrogens is 376 g/mol. The van der Waals surface area contributed by atoms with E-state index in [0.29, 0.717) is 0 Å². The average Bonchev–Trinajstić information content (AvgIpc) is 3.41. The normalized spacial score (nSPS) is 10.9. The van der Waals surface area contributed by atoms with E-state index >= 15 is 0 Å². The van der Waals surface area contributed by atoms with Crippen molar-refractivity contribution in [2.45, 2.75) is 26.2 Å². The van der Waals surface area contributed by atoms with Crippen molar-refractivity contribution >= 4 is 0 Å². The minimum Gasteiger partial charge on any atom is -0.497 e. The van der Waals surface area contributed by atoms with Crippen molar-refractivity contribution in [2.24, 2.45) is 0 Å². The molecular formula is C24H28N4O2+2. The molecule has 0 unspecified atom stereocenters. The quantitative estimate of drug-likeness (QED) is 0.402. The first kappa shape index (κ1) is 19.8. The summed E-state index contributed by atoms with van der Waals surface area (Å²) in [7, 11) is 3.40. The molecule has 4 rings (SSSR count). The molecule has 0 radical (unpaired) electrons. The van der Waals surface area contributed by atoms with Gasteiger partial charge in [-0.3, -0.25) is 0 Å². The van der Waals surface area contributed by atoms with Gasteiger partial charge in [0.1, 0.15) is 62.5 Å². The Morgan fingerprint density at radius 2 is 1.17 bits per heavy atom. The van der Waals surface area contributed by atoms with Crippen LogP contribution in [0.5, 0.6) is 11.5 Å². The van der Waals surface area contributed by atoms with Gasteiger partial charge in [0.15, 0.2) is 0 Å². The molecule has 0 aliphatic heterocycles. The van der Waals surface area contributed by atoms with Crippen LogP contribution in [0.2, 0.25) is 0 Å². The van der Waals surface area contributed by atoms with Crippen LogP contribution >= 0.6 is 0 Å². The molecule has 6 nitrogen and oxygen atoms in total. The van der Waals surface area contributed by atoms with E-state index in [-0.39, 0.29) is 0 Å². The van der Waals surface area contributed by atoms with Gasteiger partial charge in [0.2, 0.25) is 12.7 Å². The topological polar surface area (TPSA) is 36.1 Å². The third-order valence-electron chi connectivity index (χ3n) is 5.11. The predicted octanol–water partition coefficient (Wildman–Crippen LogP) is 2.68. The number of aryl methyl sites for hydroxylation is 2. The lowest BCUT2D eigenvalue weighted by molar-refractivity contribution is -0.688. The number of aromatic nitrogens is 4. The molecule has 30 heavy (non-hydrogen) atoms. The van der Waals surface area contributed by atoms with Gasteiger partial charge in [0, 0.05) is 0 Å². The summed E-state index contributed by atoms with van der Waals surface area (Å²) >= 11 is 0. The zero-order valence-corrected chi connectivity index (χ0v) is 17.5. The lowest BCUT2D eigenvalue weighted by atomic mass is 10.2. The second kappa shape index (κ2) is 9.31. The number of hydrogen-bond acceptors (Lipinski definition) is 2. The molecule has 6 heteroatoms. The molecule has 2 aromatic carbocycles. The third kappa shape index (κ3) is 5.08. The molecule has 0 saturated heterocycles. The summed E-state index contributed by atoms with van der Waals surface area (Å²) in [5.74, 6) is 1.78. The Balaban J connectivity index is 1.32. The molecule has 0 atom stereocenters. The molecule has 154 valence electrons. The molecule has 0 aliphatic carbocycles. The number of benzene rings is 2. The Morgan fingerprint density at radius 3 is 1.60 bits per heavy atom. The molecule has 4 aromatic rings. The molecule has 0 N–H and O–H groups in total. The Kier molecular flexibility index (Phi) is 6.13. The van der Waals surface area contributed by atoms with Crippen molar-refractivity contribution in [3.8, 4) is 11.5 Å². The SMILES string of the molecule is COc1cccc(C[n+]2ccn(CCn3cc[n+](Cc4cccc(OC)c4)c3)c2)c1. The highest BCUT2D eigenvalue weighted by Crippen LogP contribution is 2.13. The van der Waals surface area contributed by atoms with Crippen LogP contribution in [0.3, 0.4) is 0 Å². The third-order valence-corrected chi connectivity index (χ3v) is 5.11. The Labute approximate surface area is 177 Å². The maximum atomic E-state index is 5.31. The van der Waals surface area contributed by atoms with E-state index in [4.69, 9.17) is 9.47 Å². The van der Waals surface area contributed by atoms with Crippen molar-refractivity contribution in [2.75, 3.05) is 14.2 Å². The number of nitrogens with zero attached hydrogens (tertiary/aromatic N) is 4. The van der Waals surface area contributed by atoms with Crippen LogP contribution < -0.4 is 18.6 Å². The van der Waals surface area contributed by atoms with E-state index in [9.17, 15) is 0 Å². The van der Waals surface area contributed by atoms with Crippen LogP contribution in [-0.4, -0.2) is 23.4 Å². The zero-order chi connectivity index (χ0) is 20.8. The van der Waals surface area contributed by atoms with Crippen molar-refractivity contribution in [3.63, 3.8) is 0 Å². The zero-order valence-electron chi connectivity index (χ0n) is 17.5. The number of rotatable bonds is 9. The van der Waals surface area contributed by atoms with Gasteiger partial charge in [-0.1, -0.05) is 24.3 Å². The molecule has 0 saturated carbocycles. The van der Waals surface area contributed by atoms with Crippen LogP contribution in [0.25, 0.3) is 0 Å². The number of imidazole rings is 2. The molecule has 0 amide bonds. The second-order valence-corrected chi connectivity index (χ2v) is 7.35. The van der Waals surface area contributed by atoms with Crippen molar-refractivity contribution in [1.82, 2.24) is 9.13 Å². The summed E-state index contributed by atoms with van der Waals surface area (Å²) in [4.78, 5) is 0. The largest absolute Gasteiger partial charge is 0.497 e. The smallest absolute Gasteiger partial charge is 0.244 e. The van der Waals surface area contributed by atoms with Gasteiger partial charge in [0.25, 0.3) is 0 Å². The summed E-state index contributed by atoms with van der Waals surface area (Å²) in [6, 6.07) is 16.4. The molecule has 0 aliphatic rings. The van der Waals surface area contributed by atoms with E-state index in [2.05, 4.69) is 80.0 Å². The van der Waals surface area contributed by atoms with Gasteiger partial charge in [-0.2, -0.15) is 0 Å². The molecule has 0 spiro atoms. The first-order chi connectivity index (χ1) is 14.7. The first-order valence-corrected chi connectivity index (χ1v) is 10.1. The van der Waals surface area contributed by atoms with Crippen LogP contribution in [0, 0.1) is 0 Å². The molecule has 0 bridgehead atoms. The highest BCUT2D eigenvalue weighted by molar-refractivity contribution is 5.28. The maximum Gasteiger partial charge on any atom is 0.244 e. The minimum absolute atomic E-state index is 0.828. The van der Waals surface area contributed by atoms with E-state index < -0.39 is 0 Å². The maximum absolute atomic E-state index is 5.31. The highest BCUT2D eigenvalue weighted by Gasteiger charge is 2.09. The van der Waals surface area contributed by atoms with E-state index in [1.54, 1.807) is 14.2 Å². The predicted molar refractivity (Wildman–Crippen MR) is 113 cm³/mol. The fraction of sp³-hybridized carbons (Fsp3) is 0.250. The van der Waals surface area contributed by atoms with Crippen molar-refractivity contribution in [1.29, 1.82) is 0 Å². The van der Waals surface area contributed by atoms with Gasteiger partial charge < -0.3 is 9.47 Å². The number of hydrogen-bond donors (Lipinski definition) is 0. The first-order valence-electron chi connectivity index (χ1n) is 10.1. The van der Waals surface area contributed by atoms with Gasteiger partial charge in [-0.25, -0.2) is 18.3 Å². The fourth-order valence-electron chi connectivity index (χ4n) is 3.52. The number of methoxy groups -OCH3 is 2. The van der Waals surface area contributed by atoms with E-state index in [1.165, 1.54) is 11.1 Å². The van der Waals surface area contributed by atoms with E-state index in [0.717, 1.165) is 37.7 Å². The van der Waals surface area contributed by atoms with Crippen molar-refractivity contribution < 1.29 is 18.6 Å². The van der Waals surface area contributed by atoms with Crippen molar-refractivity contribution in [3.05, 3.63) is 97.1 Å².